The number of esters is 1. The van der Waals surface area contributed by atoms with Crippen molar-refractivity contribution in [2.75, 3.05) is 19.7 Å². The number of benzene rings is 2. The zero-order valence-electron chi connectivity index (χ0n) is 16.7. The van der Waals surface area contributed by atoms with Gasteiger partial charge < -0.3 is 9.84 Å². The number of rotatable bonds is 9. The van der Waals surface area contributed by atoms with Crippen molar-refractivity contribution in [2.24, 2.45) is 0 Å². The largest absolute Gasteiger partial charge is 0.462 e. The van der Waals surface area contributed by atoms with Crippen molar-refractivity contribution >= 4 is 5.97 Å². The molecular formula is C24H31NO3. The van der Waals surface area contributed by atoms with Gasteiger partial charge in [-0.05, 0) is 36.9 Å². The molecule has 3 rings (SSSR count). The van der Waals surface area contributed by atoms with Gasteiger partial charge in [-0.25, -0.2) is 4.79 Å². The van der Waals surface area contributed by atoms with E-state index in [1.54, 1.807) is 24.3 Å². The summed E-state index contributed by atoms with van der Waals surface area (Å²) in [7, 11) is 0. The van der Waals surface area contributed by atoms with Gasteiger partial charge >= 0.3 is 5.97 Å². The molecule has 1 saturated carbocycles. The summed E-state index contributed by atoms with van der Waals surface area (Å²) >= 11 is 0. The maximum absolute atomic E-state index is 13.0. The monoisotopic (exact) mass is 381 g/mol. The maximum Gasteiger partial charge on any atom is 0.347 e. The van der Waals surface area contributed by atoms with Gasteiger partial charge in [-0.2, -0.15) is 0 Å². The van der Waals surface area contributed by atoms with E-state index in [1.165, 1.54) is 25.7 Å². The van der Waals surface area contributed by atoms with Crippen molar-refractivity contribution in [3.8, 4) is 0 Å². The highest BCUT2D eigenvalue weighted by molar-refractivity contribution is 5.85. The Morgan fingerprint density at radius 1 is 1.00 bits per heavy atom. The van der Waals surface area contributed by atoms with Crippen LogP contribution in [-0.2, 0) is 15.1 Å². The molecule has 0 amide bonds. The third-order valence-electron chi connectivity index (χ3n) is 5.64. The molecule has 0 heterocycles. The van der Waals surface area contributed by atoms with E-state index in [0.29, 0.717) is 23.7 Å². The number of aliphatic hydroxyl groups is 1. The number of hydrogen-bond donors (Lipinski definition) is 1. The summed E-state index contributed by atoms with van der Waals surface area (Å²) in [6, 6.07) is 18.6. The van der Waals surface area contributed by atoms with Crippen LogP contribution in [0.1, 0.15) is 50.2 Å². The Labute approximate surface area is 168 Å². The van der Waals surface area contributed by atoms with Gasteiger partial charge in [0.1, 0.15) is 6.61 Å². The van der Waals surface area contributed by atoms with Crippen LogP contribution in [0.3, 0.4) is 0 Å². The van der Waals surface area contributed by atoms with Crippen LogP contribution in [0.5, 0.6) is 0 Å². The van der Waals surface area contributed by atoms with Gasteiger partial charge in [0.15, 0.2) is 0 Å². The minimum Gasteiger partial charge on any atom is -0.462 e. The summed E-state index contributed by atoms with van der Waals surface area (Å²) < 4.78 is 5.62. The van der Waals surface area contributed by atoms with Crippen molar-refractivity contribution in [3.63, 3.8) is 0 Å². The normalized spacial score (nSPS) is 15.1. The predicted molar refractivity (Wildman–Crippen MR) is 111 cm³/mol. The minimum absolute atomic E-state index is 0.289. The fourth-order valence-electron chi connectivity index (χ4n) is 4.15. The van der Waals surface area contributed by atoms with Crippen LogP contribution in [0, 0.1) is 0 Å². The zero-order chi connectivity index (χ0) is 19.8. The average molecular weight is 382 g/mol. The van der Waals surface area contributed by atoms with E-state index in [2.05, 4.69) is 11.8 Å². The standard InChI is InChI=1S/C24H31NO3/c1-2-17-25(22-15-9-10-16-22)18-19-28-23(26)24(27,20-11-5-3-6-12-20)21-13-7-4-8-14-21/h3-8,11-14,22,27H,2,9-10,15-19H2,1H3. The quantitative estimate of drug-likeness (QED) is 0.664. The molecule has 1 aliphatic rings. The highest BCUT2D eigenvalue weighted by Gasteiger charge is 2.41. The smallest absolute Gasteiger partial charge is 0.347 e. The SMILES string of the molecule is CCCN(CCOC(=O)C(O)(c1ccccc1)c1ccccc1)C1CCCC1. The van der Waals surface area contributed by atoms with Gasteiger partial charge in [0.2, 0.25) is 5.60 Å². The van der Waals surface area contributed by atoms with Gasteiger partial charge in [-0.1, -0.05) is 80.4 Å². The van der Waals surface area contributed by atoms with Gasteiger partial charge in [-0.3, -0.25) is 4.90 Å². The lowest BCUT2D eigenvalue weighted by molar-refractivity contribution is -0.162. The second-order valence-corrected chi connectivity index (χ2v) is 7.55. The van der Waals surface area contributed by atoms with Crippen molar-refractivity contribution in [3.05, 3.63) is 71.8 Å². The first kappa shape index (κ1) is 20.6. The summed E-state index contributed by atoms with van der Waals surface area (Å²) in [6.07, 6.45) is 6.11. The van der Waals surface area contributed by atoms with E-state index in [9.17, 15) is 9.90 Å². The second kappa shape index (κ2) is 9.85. The van der Waals surface area contributed by atoms with Crippen molar-refractivity contribution < 1.29 is 14.6 Å². The van der Waals surface area contributed by atoms with E-state index < -0.39 is 11.6 Å². The third kappa shape index (κ3) is 4.62. The highest BCUT2D eigenvalue weighted by Crippen LogP contribution is 2.31. The lowest BCUT2D eigenvalue weighted by atomic mass is 9.86. The number of hydrogen-bond acceptors (Lipinski definition) is 4. The molecule has 0 unspecified atom stereocenters. The molecule has 1 N–H and O–H groups in total. The molecule has 150 valence electrons. The Hall–Kier alpha value is -2.17. The summed E-state index contributed by atoms with van der Waals surface area (Å²) in [5.41, 5.74) is -0.759. The average Bonchev–Trinajstić information content (AvgIpc) is 3.28. The Morgan fingerprint density at radius 2 is 1.54 bits per heavy atom. The fraction of sp³-hybridized carbons (Fsp3) is 0.458. The Morgan fingerprint density at radius 3 is 2.04 bits per heavy atom. The molecule has 2 aromatic rings. The lowest BCUT2D eigenvalue weighted by Crippen LogP contribution is -2.41. The first-order chi connectivity index (χ1) is 13.7. The molecule has 28 heavy (non-hydrogen) atoms. The van der Waals surface area contributed by atoms with Crippen LogP contribution >= 0.6 is 0 Å². The van der Waals surface area contributed by atoms with Gasteiger partial charge in [0.25, 0.3) is 0 Å². The number of nitrogens with zero attached hydrogens (tertiary/aromatic N) is 1. The predicted octanol–water partition coefficient (Wildman–Crippen LogP) is 4.12. The molecule has 0 aliphatic heterocycles. The molecule has 0 saturated heterocycles. The summed E-state index contributed by atoms with van der Waals surface area (Å²) in [5, 5.41) is 11.4. The van der Waals surface area contributed by atoms with Crippen LogP contribution in [-0.4, -0.2) is 41.7 Å². The number of carbonyl (C=O) groups is 1. The van der Waals surface area contributed by atoms with Crippen LogP contribution in [0.25, 0.3) is 0 Å². The molecule has 0 spiro atoms. The minimum atomic E-state index is -1.80. The van der Waals surface area contributed by atoms with Crippen LogP contribution in [0.2, 0.25) is 0 Å². The van der Waals surface area contributed by atoms with E-state index in [0.717, 1.165) is 13.0 Å². The topological polar surface area (TPSA) is 49.8 Å². The number of ether oxygens (including phenoxy) is 1. The highest BCUT2D eigenvalue weighted by atomic mass is 16.5. The molecule has 1 fully saturated rings. The number of carbonyl (C=O) groups excluding carboxylic acids is 1. The first-order valence-corrected chi connectivity index (χ1v) is 10.4. The van der Waals surface area contributed by atoms with E-state index >= 15 is 0 Å². The lowest BCUT2D eigenvalue weighted by Gasteiger charge is -2.30. The fourth-order valence-corrected chi connectivity index (χ4v) is 4.15. The molecule has 4 heteroatoms. The van der Waals surface area contributed by atoms with Crippen LogP contribution < -0.4 is 0 Å². The van der Waals surface area contributed by atoms with Gasteiger partial charge in [0.05, 0.1) is 0 Å². The summed E-state index contributed by atoms with van der Waals surface area (Å²) in [4.78, 5) is 15.5. The van der Waals surface area contributed by atoms with Crippen molar-refractivity contribution in [1.82, 2.24) is 4.90 Å². The van der Waals surface area contributed by atoms with Crippen LogP contribution in [0.15, 0.2) is 60.7 Å². The molecule has 0 atom stereocenters. The van der Waals surface area contributed by atoms with Crippen molar-refractivity contribution in [2.45, 2.75) is 50.7 Å². The Kier molecular flexibility index (Phi) is 7.24. The van der Waals surface area contributed by atoms with Crippen LogP contribution in [0.4, 0.5) is 0 Å². The molecule has 2 aromatic carbocycles. The molecule has 0 bridgehead atoms. The Bertz CT molecular complexity index is 687. The molecular weight excluding hydrogens is 350 g/mol. The van der Waals surface area contributed by atoms with E-state index in [-0.39, 0.29) is 6.61 Å². The Balaban J connectivity index is 1.71. The summed E-state index contributed by atoms with van der Waals surface area (Å²) in [6.45, 7) is 4.20. The van der Waals surface area contributed by atoms with Gasteiger partial charge in [-0.15, -0.1) is 0 Å². The molecule has 1 aliphatic carbocycles. The molecule has 0 radical (unpaired) electrons. The maximum atomic E-state index is 13.0. The van der Waals surface area contributed by atoms with E-state index in [1.807, 2.05) is 36.4 Å². The molecule has 4 nitrogen and oxygen atoms in total. The second-order valence-electron chi connectivity index (χ2n) is 7.55. The molecule has 0 aromatic heterocycles. The van der Waals surface area contributed by atoms with Crippen molar-refractivity contribution in [1.29, 1.82) is 0 Å². The third-order valence-corrected chi connectivity index (χ3v) is 5.64. The first-order valence-electron chi connectivity index (χ1n) is 10.4. The summed E-state index contributed by atoms with van der Waals surface area (Å²) in [5.74, 6) is -0.618. The zero-order valence-corrected chi connectivity index (χ0v) is 16.7. The van der Waals surface area contributed by atoms with Gasteiger partial charge in [0, 0.05) is 12.6 Å². The van der Waals surface area contributed by atoms with E-state index in [4.69, 9.17) is 4.74 Å².